The largest absolute Gasteiger partial charge is 0.453 e. The van der Waals surface area contributed by atoms with Gasteiger partial charge < -0.3 is 14.3 Å². The maximum Gasteiger partial charge on any atom is 0.282 e. The Morgan fingerprint density at radius 1 is 0.905 bits per heavy atom. The molecule has 204 valence electrons. The van der Waals surface area contributed by atoms with E-state index in [9.17, 15) is 9.59 Å². The first-order chi connectivity index (χ1) is 20.6. The molecular formula is C34H25N5O3. The van der Waals surface area contributed by atoms with Crippen LogP contribution in [0.4, 0.5) is 5.69 Å². The van der Waals surface area contributed by atoms with Crippen molar-refractivity contribution in [1.82, 2.24) is 14.2 Å². The van der Waals surface area contributed by atoms with Gasteiger partial charge in [0.2, 0.25) is 11.7 Å². The summed E-state index contributed by atoms with van der Waals surface area (Å²) in [6.45, 7) is 2.07. The molecule has 3 aromatic heterocycles. The molecule has 0 aliphatic rings. The van der Waals surface area contributed by atoms with E-state index in [2.05, 4.69) is 10.4 Å². The lowest BCUT2D eigenvalue weighted by Crippen LogP contribution is -2.20. The number of nitrogens with one attached hydrogen (secondary N) is 1. The highest BCUT2D eigenvalue weighted by Crippen LogP contribution is 2.28. The minimum absolute atomic E-state index is 0.122. The molecule has 0 atom stereocenters. The van der Waals surface area contributed by atoms with Crippen molar-refractivity contribution < 1.29 is 9.21 Å². The highest BCUT2D eigenvalue weighted by molar-refractivity contribution is 6.02. The molecule has 0 aliphatic heterocycles. The summed E-state index contributed by atoms with van der Waals surface area (Å²) in [5.41, 5.74) is 4.21. The highest BCUT2D eigenvalue weighted by Gasteiger charge is 2.18. The molecule has 8 heteroatoms. The maximum absolute atomic E-state index is 13.7. The Labute approximate surface area is 240 Å². The van der Waals surface area contributed by atoms with Gasteiger partial charge in [0.05, 0.1) is 17.1 Å². The molecule has 7 aromatic rings. The number of nitrogens with zero attached hydrogens (tertiary/aromatic N) is 4. The Balaban J connectivity index is 1.34. The number of amides is 1. The Bertz CT molecular complexity index is 2170. The van der Waals surface area contributed by atoms with Crippen LogP contribution in [0.2, 0.25) is 0 Å². The first-order valence-corrected chi connectivity index (χ1v) is 13.5. The van der Waals surface area contributed by atoms with E-state index in [0.717, 1.165) is 33.2 Å². The number of para-hydroxylation sites is 4. The van der Waals surface area contributed by atoms with Crippen LogP contribution in [0.1, 0.15) is 11.3 Å². The fraction of sp³-hybridized carbons (Fsp3) is 0.0588. The van der Waals surface area contributed by atoms with Gasteiger partial charge in [0.25, 0.3) is 5.56 Å². The number of hydrogen-bond acceptors (Lipinski definition) is 5. The second-order valence-corrected chi connectivity index (χ2v) is 9.98. The average molecular weight is 552 g/mol. The van der Waals surface area contributed by atoms with Crippen LogP contribution in [-0.2, 0) is 11.3 Å². The van der Waals surface area contributed by atoms with E-state index in [-0.39, 0.29) is 18.0 Å². The molecule has 0 spiro atoms. The molecule has 3 heterocycles. The quantitative estimate of drug-likeness (QED) is 0.236. The zero-order valence-electron chi connectivity index (χ0n) is 22.7. The van der Waals surface area contributed by atoms with Crippen LogP contribution >= 0.6 is 0 Å². The topological polar surface area (TPSA) is 94.4 Å². The zero-order chi connectivity index (χ0) is 28.6. The van der Waals surface area contributed by atoms with E-state index in [0.29, 0.717) is 28.1 Å². The van der Waals surface area contributed by atoms with Crippen molar-refractivity contribution >= 4 is 50.6 Å². The lowest BCUT2D eigenvalue weighted by molar-refractivity contribution is -0.116. The van der Waals surface area contributed by atoms with Crippen molar-refractivity contribution in [2.24, 2.45) is 5.10 Å². The standard InChI is InChI=1S/C34H25N5O3/c1-22-27(25-14-7-9-17-29(25)38(22)21-32(40)36-24-12-3-2-4-13-24)20-35-39-33(31-19-23-11-5-10-18-30(23)42-31)37-28-16-8-6-15-26(28)34(39)41/h2-20H,21H2,1H3,(H,36,40). The van der Waals surface area contributed by atoms with Gasteiger partial charge in [-0.05, 0) is 49.4 Å². The molecule has 4 aromatic carbocycles. The Hall–Kier alpha value is -5.76. The fourth-order valence-electron chi connectivity index (χ4n) is 5.29. The fourth-order valence-corrected chi connectivity index (χ4v) is 5.29. The third-order valence-corrected chi connectivity index (χ3v) is 7.34. The van der Waals surface area contributed by atoms with Crippen LogP contribution in [0.15, 0.2) is 124 Å². The van der Waals surface area contributed by atoms with Crippen molar-refractivity contribution in [3.05, 3.63) is 131 Å². The summed E-state index contributed by atoms with van der Waals surface area (Å²) in [6, 6.07) is 33.9. The number of rotatable bonds is 6. The molecule has 1 amide bonds. The van der Waals surface area contributed by atoms with Crippen LogP contribution in [-0.4, -0.2) is 26.3 Å². The van der Waals surface area contributed by atoms with E-state index in [4.69, 9.17) is 9.40 Å². The number of furan rings is 1. The summed E-state index contributed by atoms with van der Waals surface area (Å²) < 4.78 is 9.34. The van der Waals surface area contributed by atoms with Gasteiger partial charge in [-0.25, -0.2) is 4.98 Å². The van der Waals surface area contributed by atoms with Gasteiger partial charge >= 0.3 is 0 Å². The van der Waals surface area contributed by atoms with Crippen LogP contribution in [0, 0.1) is 6.92 Å². The average Bonchev–Trinajstić information content (AvgIpc) is 3.56. The van der Waals surface area contributed by atoms with Crippen LogP contribution in [0.25, 0.3) is 44.4 Å². The van der Waals surface area contributed by atoms with Gasteiger partial charge in [0.1, 0.15) is 12.1 Å². The van der Waals surface area contributed by atoms with Gasteiger partial charge in [-0.15, -0.1) is 0 Å². The first kappa shape index (κ1) is 25.2. The Kier molecular flexibility index (Phi) is 6.20. The molecule has 0 bridgehead atoms. The maximum atomic E-state index is 13.7. The molecule has 7 rings (SSSR count). The smallest absolute Gasteiger partial charge is 0.282 e. The Morgan fingerprint density at radius 3 is 2.45 bits per heavy atom. The van der Waals surface area contributed by atoms with E-state index in [1.807, 2.05) is 102 Å². The van der Waals surface area contributed by atoms with Gasteiger partial charge in [0, 0.05) is 33.2 Å². The second-order valence-electron chi connectivity index (χ2n) is 9.98. The number of carbonyl (C=O) groups is 1. The predicted octanol–water partition coefficient (Wildman–Crippen LogP) is 6.59. The molecule has 8 nitrogen and oxygen atoms in total. The minimum atomic E-state index is -0.309. The lowest BCUT2D eigenvalue weighted by Gasteiger charge is -2.09. The van der Waals surface area contributed by atoms with E-state index in [1.54, 1.807) is 24.4 Å². The van der Waals surface area contributed by atoms with Gasteiger partial charge in [-0.2, -0.15) is 9.78 Å². The minimum Gasteiger partial charge on any atom is -0.453 e. The van der Waals surface area contributed by atoms with E-state index < -0.39 is 0 Å². The van der Waals surface area contributed by atoms with Crippen molar-refractivity contribution in [3.63, 3.8) is 0 Å². The van der Waals surface area contributed by atoms with E-state index in [1.165, 1.54) is 4.68 Å². The summed E-state index contributed by atoms with van der Waals surface area (Å²) in [5, 5.41) is 9.91. The number of anilines is 1. The predicted molar refractivity (Wildman–Crippen MR) is 166 cm³/mol. The Morgan fingerprint density at radius 2 is 1.62 bits per heavy atom. The monoisotopic (exact) mass is 551 g/mol. The van der Waals surface area contributed by atoms with Gasteiger partial charge in [-0.1, -0.05) is 66.7 Å². The second kappa shape index (κ2) is 10.3. The summed E-state index contributed by atoms with van der Waals surface area (Å²) in [6.07, 6.45) is 1.66. The summed E-state index contributed by atoms with van der Waals surface area (Å²) >= 11 is 0. The first-order valence-electron chi connectivity index (χ1n) is 13.5. The molecule has 0 aliphatic carbocycles. The molecule has 0 saturated carbocycles. The number of hydrogen-bond donors (Lipinski definition) is 1. The van der Waals surface area contributed by atoms with Crippen LogP contribution in [0.5, 0.6) is 0 Å². The highest BCUT2D eigenvalue weighted by atomic mass is 16.3. The number of carbonyl (C=O) groups excluding carboxylic acids is 1. The van der Waals surface area contributed by atoms with Crippen molar-refractivity contribution in [2.45, 2.75) is 13.5 Å². The van der Waals surface area contributed by atoms with Crippen LogP contribution in [0.3, 0.4) is 0 Å². The SMILES string of the molecule is Cc1c(C=Nn2c(-c3cc4ccccc4o3)nc3ccccc3c2=O)c2ccccc2n1CC(=O)Nc1ccccc1. The molecule has 0 fully saturated rings. The zero-order valence-corrected chi connectivity index (χ0v) is 22.7. The van der Waals surface area contributed by atoms with Crippen molar-refractivity contribution in [1.29, 1.82) is 0 Å². The lowest BCUT2D eigenvalue weighted by atomic mass is 10.1. The molecule has 0 radical (unpaired) electrons. The number of benzene rings is 4. The summed E-state index contributed by atoms with van der Waals surface area (Å²) in [4.78, 5) is 31.5. The van der Waals surface area contributed by atoms with E-state index >= 15 is 0 Å². The normalized spacial score (nSPS) is 11.6. The molecule has 42 heavy (non-hydrogen) atoms. The summed E-state index contributed by atoms with van der Waals surface area (Å²) in [7, 11) is 0. The van der Waals surface area contributed by atoms with Crippen molar-refractivity contribution in [3.8, 4) is 11.6 Å². The summed E-state index contributed by atoms with van der Waals surface area (Å²) in [5.74, 6) is 0.596. The van der Waals surface area contributed by atoms with Gasteiger partial charge in [-0.3, -0.25) is 9.59 Å². The third-order valence-electron chi connectivity index (χ3n) is 7.34. The molecule has 0 unspecified atom stereocenters. The van der Waals surface area contributed by atoms with Gasteiger partial charge in [0.15, 0.2) is 5.76 Å². The number of fused-ring (bicyclic) bond motifs is 3. The number of aromatic nitrogens is 3. The van der Waals surface area contributed by atoms with Crippen LogP contribution < -0.4 is 10.9 Å². The third kappa shape index (κ3) is 4.45. The molecule has 0 saturated heterocycles. The van der Waals surface area contributed by atoms with Crippen molar-refractivity contribution in [2.75, 3.05) is 5.32 Å². The molecular weight excluding hydrogens is 526 g/mol. The molecule has 1 N–H and O–H groups in total.